The van der Waals surface area contributed by atoms with Gasteiger partial charge in [-0.2, -0.15) is 0 Å². The molecule has 0 atom stereocenters. The molecule has 4 heteroatoms. The van der Waals surface area contributed by atoms with Gasteiger partial charge in [0.05, 0.1) is 11.2 Å². The predicted octanol–water partition coefficient (Wildman–Crippen LogP) is 4.54. The number of allylic oxidation sites excluding steroid dienone is 4. The monoisotopic (exact) mass is 303 g/mol. The smallest absolute Gasteiger partial charge is 0.399 e. The van der Waals surface area contributed by atoms with Gasteiger partial charge in [0.15, 0.2) is 0 Å². The SMILES string of the molecule is C=C(/C=C\CC)NC(=C)/C(=C\CC)B1OC(C)(C)C(C)(C)O1. The first kappa shape index (κ1) is 18.8. The Bertz CT molecular complexity index is 473. The van der Waals surface area contributed by atoms with Crippen molar-refractivity contribution in [2.45, 2.75) is 65.6 Å². The minimum Gasteiger partial charge on any atom is -0.399 e. The van der Waals surface area contributed by atoms with Crippen LogP contribution in [0.4, 0.5) is 0 Å². The van der Waals surface area contributed by atoms with E-state index in [9.17, 15) is 0 Å². The summed E-state index contributed by atoms with van der Waals surface area (Å²) in [7, 11) is -0.409. The summed E-state index contributed by atoms with van der Waals surface area (Å²) in [5, 5.41) is 3.23. The minimum absolute atomic E-state index is 0.357. The van der Waals surface area contributed by atoms with Gasteiger partial charge in [-0.1, -0.05) is 39.2 Å². The highest BCUT2D eigenvalue weighted by Gasteiger charge is 2.52. The van der Waals surface area contributed by atoms with E-state index in [4.69, 9.17) is 9.31 Å². The second-order valence-corrected chi connectivity index (χ2v) is 6.60. The molecule has 0 spiro atoms. The lowest BCUT2D eigenvalue weighted by Gasteiger charge is -2.32. The third kappa shape index (κ3) is 4.37. The zero-order valence-electron chi connectivity index (χ0n) is 15.0. The molecule has 0 saturated carbocycles. The molecule has 1 aliphatic heterocycles. The maximum Gasteiger partial charge on any atom is 0.496 e. The molecule has 3 nitrogen and oxygen atoms in total. The number of nitrogens with one attached hydrogen (secondary N) is 1. The van der Waals surface area contributed by atoms with Crippen molar-refractivity contribution < 1.29 is 9.31 Å². The second-order valence-electron chi connectivity index (χ2n) is 6.60. The van der Waals surface area contributed by atoms with Gasteiger partial charge in [-0.3, -0.25) is 0 Å². The van der Waals surface area contributed by atoms with E-state index in [0.29, 0.717) is 0 Å². The average Bonchev–Trinajstić information content (AvgIpc) is 2.61. The summed E-state index contributed by atoms with van der Waals surface area (Å²) in [4.78, 5) is 0. The van der Waals surface area contributed by atoms with Crippen LogP contribution in [-0.2, 0) is 9.31 Å². The fraction of sp³-hybridized carbons (Fsp3) is 0.556. The summed E-state index contributed by atoms with van der Waals surface area (Å²) in [6, 6.07) is 0. The lowest BCUT2D eigenvalue weighted by atomic mass is 9.75. The Morgan fingerprint density at radius 2 is 1.59 bits per heavy atom. The van der Waals surface area contributed by atoms with Crippen molar-refractivity contribution in [3.05, 3.63) is 48.3 Å². The first-order chi connectivity index (χ1) is 10.1. The van der Waals surface area contributed by atoms with Crippen LogP contribution < -0.4 is 5.32 Å². The molecule has 0 aliphatic carbocycles. The highest BCUT2D eigenvalue weighted by atomic mass is 16.7. The van der Waals surface area contributed by atoms with Crippen LogP contribution in [0.1, 0.15) is 54.4 Å². The van der Waals surface area contributed by atoms with Crippen LogP contribution in [0.25, 0.3) is 0 Å². The van der Waals surface area contributed by atoms with Gasteiger partial charge < -0.3 is 14.6 Å². The van der Waals surface area contributed by atoms with Gasteiger partial charge in [0, 0.05) is 16.9 Å². The largest absolute Gasteiger partial charge is 0.496 e. The van der Waals surface area contributed by atoms with E-state index in [2.05, 4.69) is 72.2 Å². The van der Waals surface area contributed by atoms with E-state index in [-0.39, 0.29) is 11.2 Å². The van der Waals surface area contributed by atoms with Crippen molar-refractivity contribution in [3.63, 3.8) is 0 Å². The molecule has 1 N–H and O–H groups in total. The molecule has 0 amide bonds. The Hall–Kier alpha value is -1.26. The lowest BCUT2D eigenvalue weighted by Crippen LogP contribution is -2.41. The van der Waals surface area contributed by atoms with Gasteiger partial charge >= 0.3 is 7.12 Å². The Balaban J connectivity index is 2.88. The molecule has 1 heterocycles. The molecule has 1 fully saturated rings. The molecule has 0 aromatic rings. The fourth-order valence-corrected chi connectivity index (χ4v) is 2.12. The maximum absolute atomic E-state index is 6.12. The Labute approximate surface area is 136 Å². The fourth-order valence-electron chi connectivity index (χ4n) is 2.12. The zero-order chi connectivity index (χ0) is 17.0. The van der Waals surface area contributed by atoms with Crippen LogP contribution in [-0.4, -0.2) is 18.3 Å². The van der Waals surface area contributed by atoms with Crippen molar-refractivity contribution in [1.29, 1.82) is 0 Å². The van der Waals surface area contributed by atoms with Gasteiger partial charge in [0.25, 0.3) is 0 Å². The first-order valence-electron chi connectivity index (χ1n) is 8.02. The predicted molar refractivity (Wildman–Crippen MR) is 95.3 cm³/mol. The van der Waals surface area contributed by atoms with E-state index in [1.54, 1.807) is 0 Å². The minimum atomic E-state index is -0.409. The summed E-state index contributed by atoms with van der Waals surface area (Å²) < 4.78 is 12.2. The van der Waals surface area contributed by atoms with E-state index in [1.807, 2.05) is 6.08 Å². The van der Waals surface area contributed by atoms with Crippen LogP contribution >= 0.6 is 0 Å². The number of hydrogen-bond donors (Lipinski definition) is 1. The summed E-state index contributed by atoms with van der Waals surface area (Å²) in [6.45, 7) is 20.5. The van der Waals surface area contributed by atoms with Crippen LogP contribution in [0.5, 0.6) is 0 Å². The van der Waals surface area contributed by atoms with E-state index in [1.165, 1.54) is 0 Å². The highest BCUT2D eigenvalue weighted by molar-refractivity contribution is 6.56. The molecular formula is C18H30BNO2. The van der Waals surface area contributed by atoms with Crippen molar-refractivity contribution in [2.24, 2.45) is 0 Å². The van der Waals surface area contributed by atoms with E-state index < -0.39 is 7.12 Å². The van der Waals surface area contributed by atoms with E-state index >= 15 is 0 Å². The zero-order valence-corrected chi connectivity index (χ0v) is 15.0. The molecule has 0 aromatic heterocycles. The molecule has 122 valence electrons. The quantitative estimate of drug-likeness (QED) is 0.553. The highest BCUT2D eigenvalue weighted by Crippen LogP contribution is 2.39. The summed E-state index contributed by atoms with van der Waals surface area (Å²) in [6.07, 6.45) is 7.97. The summed E-state index contributed by atoms with van der Waals surface area (Å²) in [5.41, 5.74) is 1.80. The summed E-state index contributed by atoms with van der Waals surface area (Å²) in [5.74, 6) is 0. The lowest BCUT2D eigenvalue weighted by molar-refractivity contribution is 0.00578. The van der Waals surface area contributed by atoms with Crippen molar-refractivity contribution in [3.8, 4) is 0 Å². The van der Waals surface area contributed by atoms with Crippen molar-refractivity contribution in [2.75, 3.05) is 0 Å². The van der Waals surface area contributed by atoms with Gasteiger partial charge in [-0.25, -0.2) is 0 Å². The van der Waals surface area contributed by atoms with Crippen LogP contribution in [0.2, 0.25) is 0 Å². The standard InChI is InChI=1S/C18H30BNO2/c1-9-11-13-14(3)20-15(4)16(12-10-2)19-21-17(5,6)18(7,8)22-19/h11-13,20H,3-4,9-10H2,1-2,5-8H3/b13-11-,16-12+. The normalized spacial score (nSPS) is 20.5. The second kappa shape index (κ2) is 7.34. The maximum atomic E-state index is 6.12. The van der Waals surface area contributed by atoms with Crippen LogP contribution in [0.3, 0.4) is 0 Å². The Morgan fingerprint density at radius 3 is 2.05 bits per heavy atom. The topological polar surface area (TPSA) is 30.5 Å². The molecule has 0 aromatic carbocycles. The van der Waals surface area contributed by atoms with Crippen molar-refractivity contribution in [1.82, 2.24) is 5.32 Å². The molecular weight excluding hydrogens is 273 g/mol. The molecule has 22 heavy (non-hydrogen) atoms. The number of hydrogen-bond acceptors (Lipinski definition) is 3. The third-order valence-corrected chi connectivity index (χ3v) is 4.15. The Kier molecular flexibility index (Phi) is 6.27. The third-order valence-electron chi connectivity index (χ3n) is 4.15. The average molecular weight is 303 g/mol. The molecule has 1 rings (SSSR count). The molecule has 0 unspecified atom stereocenters. The molecule has 0 bridgehead atoms. The molecule has 1 aliphatic rings. The van der Waals surface area contributed by atoms with Gasteiger partial charge in [-0.15, -0.1) is 0 Å². The summed E-state index contributed by atoms with van der Waals surface area (Å²) >= 11 is 0. The first-order valence-corrected chi connectivity index (χ1v) is 8.02. The van der Waals surface area contributed by atoms with E-state index in [0.717, 1.165) is 29.7 Å². The Morgan fingerprint density at radius 1 is 1.05 bits per heavy atom. The van der Waals surface area contributed by atoms with Gasteiger partial charge in [-0.05, 0) is 46.6 Å². The molecule has 0 radical (unpaired) electrons. The van der Waals surface area contributed by atoms with Crippen LogP contribution in [0.15, 0.2) is 48.3 Å². The van der Waals surface area contributed by atoms with Gasteiger partial charge in [0.1, 0.15) is 0 Å². The van der Waals surface area contributed by atoms with Crippen molar-refractivity contribution >= 4 is 7.12 Å². The number of rotatable bonds is 7. The molecule has 1 saturated heterocycles. The van der Waals surface area contributed by atoms with Crippen LogP contribution in [0, 0.1) is 0 Å². The van der Waals surface area contributed by atoms with Gasteiger partial charge in [0.2, 0.25) is 0 Å².